The largest absolute Gasteiger partial charge is 0.481 e. The van der Waals surface area contributed by atoms with Gasteiger partial charge in [-0.1, -0.05) is 38.1 Å². The molecule has 2 amide bonds. The molecule has 1 atom stereocenters. The van der Waals surface area contributed by atoms with Gasteiger partial charge >= 0.3 is 0 Å². The molecule has 0 radical (unpaired) electrons. The summed E-state index contributed by atoms with van der Waals surface area (Å²) in [5.74, 6) is 0.818. The van der Waals surface area contributed by atoms with Gasteiger partial charge in [0.1, 0.15) is 5.75 Å². The first kappa shape index (κ1) is 21.2. The SMILES string of the molecule is CC(Oc1cccc(C(C)C)c1)C(=O)NCc1ccc(NC(=O)c2ccco2)cc1. The van der Waals surface area contributed by atoms with Gasteiger partial charge in [0.15, 0.2) is 11.9 Å². The molecular formula is C24H26N2O4. The summed E-state index contributed by atoms with van der Waals surface area (Å²) < 4.78 is 10.9. The lowest BCUT2D eigenvalue weighted by Gasteiger charge is -2.16. The minimum Gasteiger partial charge on any atom is -0.481 e. The van der Waals surface area contributed by atoms with Gasteiger partial charge in [-0.15, -0.1) is 0 Å². The molecule has 0 aliphatic carbocycles. The minimum atomic E-state index is -0.612. The quantitative estimate of drug-likeness (QED) is 0.566. The lowest BCUT2D eigenvalue weighted by Crippen LogP contribution is -2.35. The monoisotopic (exact) mass is 406 g/mol. The Hall–Kier alpha value is -3.54. The summed E-state index contributed by atoms with van der Waals surface area (Å²) in [6.07, 6.45) is 0.839. The van der Waals surface area contributed by atoms with Gasteiger partial charge in [-0.25, -0.2) is 0 Å². The van der Waals surface area contributed by atoms with Crippen LogP contribution in [0.5, 0.6) is 5.75 Å². The van der Waals surface area contributed by atoms with Gasteiger partial charge in [-0.3, -0.25) is 9.59 Å². The number of hydrogen-bond acceptors (Lipinski definition) is 4. The van der Waals surface area contributed by atoms with E-state index in [1.165, 1.54) is 11.8 Å². The van der Waals surface area contributed by atoms with Gasteiger partial charge in [0.2, 0.25) is 0 Å². The van der Waals surface area contributed by atoms with Crippen molar-refractivity contribution in [3.8, 4) is 5.75 Å². The van der Waals surface area contributed by atoms with E-state index in [1.54, 1.807) is 31.2 Å². The Morgan fingerprint density at radius 3 is 2.43 bits per heavy atom. The number of ether oxygens (including phenoxy) is 1. The maximum atomic E-state index is 12.4. The number of carbonyl (C=O) groups is 2. The van der Waals surface area contributed by atoms with Crippen molar-refractivity contribution in [1.82, 2.24) is 5.32 Å². The smallest absolute Gasteiger partial charge is 0.291 e. The number of carbonyl (C=O) groups excluding carboxylic acids is 2. The number of anilines is 1. The Morgan fingerprint density at radius 1 is 1.00 bits per heavy atom. The Balaban J connectivity index is 1.49. The fourth-order valence-electron chi connectivity index (χ4n) is 2.84. The molecule has 1 aromatic heterocycles. The molecule has 3 aromatic rings. The molecule has 0 aliphatic heterocycles. The van der Waals surface area contributed by atoms with E-state index in [9.17, 15) is 9.59 Å². The zero-order valence-corrected chi connectivity index (χ0v) is 17.3. The Labute approximate surface area is 176 Å². The van der Waals surface area contributed by atoms with Crippen molar-refractivity contribution in [2.24, 2.45) is 0 Å². The van der Waals surface area contributed by atoms with Gasteiger partial charge < -0.3 is 19.8 Å². The predicted molar refractivity (Wildman–Crippen MR) is 116 cm³/mol. The van der Waals surface area contributed by atoms with Crippen molar-refractivity contribution in [3.63, 3.8) is 0 Å². The van der Waals surface area contributed by atoms with Crippen molar-refractivity contribution >= 4 is 17.5 Å². The van der Waals surface area contributed by atoms with E-state index in [-0.39, 0.29) is 17.6 Å². The first-order valence-corrected chi connectivity index (χ1v) is 9.90. The molecule has 30 heavy (non-hydrogen) atoms. The third-order valence-corrected chi connectivity index (χ3v) is 4.63. The number of rotatable bonds is 8. The van der Waals surface area contributed by atoms with Crippen LogP contribution in [0.2, 0.25) is 0 Å². The van der Waals surface area contributed by atoms with E-state index in [0.717, 1.165) is 5.56 Å². The summed E-state index contributed by atoms with van der Waals surface area (Å²) in [7, 11) is 0. The summed E-state index contributed by atoms with van der Waals surface area (Å²) in [6, 6.07) is 18.3. The Kier molecular flexibility index (Phi) is 6.91. The second-order valence-electron chi connectivity index (χ2n) is 7.33. The van der Waals surface area contributed by atoms with Gasteiger partial charge in [0.05, 0.1) is 6.26 Å². The van der Waals surface area contributed by atoms with Crippen molar-refractivity contribution < 1.29 is 18.7 Å². The van der Waals surface area contributed by atoms with Crippen molar-refractivity contribution in [3.05, 3.63) is 83.8 Å². The van der Waals surface area contributed by atoms with E-state index in [1.807, 2.05) is 36.4 Å². The Bertz CT molecular complexity index is 979. The van der Waals surface area contributed by atoms with E-state index < -0.39 is 6.10 Å². The molecule has 0 saturated carbocycles. The predicted octanol–water partition coefficient (Wildman–Crippen LogP) is 4.74. The van der Waals surface area contributed by atoms with Crippen molar-refractivity contribution in [1.29, 1.82) is 0 Å². The Morgan fingerprint density at radius 2 is 1.77 bits per heavy atom. The second kappa shape index (κ2) is 9.78. The van der Waals surface area contributed by atoms with Crippen LogP contribution < -0.4 is 15.4 Å². The van der Waals surface area contributed by atoms with Crippen LogP contribution in [0.25, 0.3) is 0 Å². The summed E-state index contributed by atoms with van der Waals surface area (Å²) in [5, 5.41) is 5.63. The lowest BCUT2D eigenvalue weighted by molar-refractivity contribution is -0.127. The highest BCUT2D eigenvalue weighted by Crippen LogP contribution is 2.21. The molecule has 0 spiro atoms. The van der Waals surface area contributed by atoms with Crippen LogP contribution in [0.15, 0.2) is 71.3 Å². The van der Waals surface area contributed by atoms with E-state index in [0.29, 0.717) is 23.9 Å². The summed E-state index contributed by atoms with van der Waals surface area (Å²) in [5.41, 5.74) is 2.72. The fraction of sp³-hybridized carbons (Fsp3) is 0.250. The minimum absolute atomic E-state index is 0.194. The molecule has 0 fully saturated rings. The van der Waals surface area contributed by atoms with Crippen molar-refractivity contribution in [2.45, 2.75) is 39.3 Å². The third-order valence-electron chi connectivity index (χ3n) is 4.63. The first-order valence-electron chi connectivity index (χ1n) is 9.90. The van der Waals surface area contributed by atoms with Crippen LogP contribution in [0, 0.1) is 0 Å². The average molecular weight is 406 g/mol. The highest BCUT2D eigenvalue weighted by Gasteiger charge is 2.15. The number of hydrogen-bond donors (Lipinski definition) is 2. The zero-order chi connectivity index (χ0) is 21.5. The number of nitrogens with one attached hydrogen (secondary N) is 2. The lowest BCUT2D eigenvalue weighted by atomic mass is 10.0. The summed E-state index contributed by atoms with van der Waals surface area (Å²) in [6.45, 7) is 6.32. The van der Waals surface area contributed by atoms with Gasteiger partial charge in [0, 0.05) is 12.2 Å². The second-order valence-corrected chi connectivity index (χ2v) is 7.33. The highest BCUT2D eigenvalue weighted by atomic mass is 16.5. The summed E-state index contributed by atoms with van der Waals surface area (Å²) >= 11 is 0. The van der Waals surface area contributed by atoms with Crippen LogP contribution >= 0.6 is 0 Å². The molecule has 1 heterocycles. The fourth-order valence-corrected chi connectivity index (χ4v) is 2.84. The topological polar surface area (TPSA) is 80.6 Å². The number of furan rings is 1. The third kappa shape index (κ3) is 5.73. The number of benzene rings is 2. The summed E-state index contributed by atoms with van der Waals surface area (Å²) in [4.78, 5) is 24.4. The molecule has 2 aromatic carbocycles. The van der Waals surface area contributed by atoms with Crippen LogP contribution in [0.1, 0.15) is 48.4 Å². The van der Waals surface area contributed by atoms with Crippen LogP contribution in [-0.2, 0) is 11.3 Å². The van der Waals surface area contributed by atoms with Crippen LogP contribution in [-0.4, -0.2) is 17.9 Å². The molecule has 6 nitrogen and oxygen atoms in total. The molecule has 1 unspecified atom stereocenters. The molecule has 6 heteroatoms. The van der Waals surface area contributed by atoms with Gasteiger partial charge in [-0.05, 0) is 60.4 Å². The van der Waals surface area contributed by atoms with Crippen LogP contribution in [0.4, 0.5) is 5.69 Å². The van der Waals surface area contributed by atoms with Gasteiger partial charge in [-0.2, -0.15) is 0 Å². The molecule has 3 rings (SSSR count). The first-order chi connectivity index (χ1) is 14.4. The molecule has 0 saturated heterocycles. The number of amides is 2. The maximum Gasteiger partial charge on any atom is 0.291 e. The molecule has 0 aliphatic rings. The van der Waals surface area contributed by atoms with E-state index in [2.05, 4.69) is 24.5 Å². The zero-order valence-electron chi connectivity index (χ0n) is 17.3. The van der Waals surface area contributed by atoms with Crippen LogP contribution in [0.3, 0.4) is 0 Å². The normalized spacial score (nSPS) is 11.7. The molecular weight excluding hydrogens is 380 g/mol. The van der Waals surface area contributed by atoms with E-state index in [4.69, 9.17) is 9.15 Å². The molecule has 0 bridgehead atoms. The maximum absolute atomic E-state index is 12.4. The van der Waals surface area contributed by atoms with E-state index >= 15 is 0 Å². The average Bonchev–Trinajstić information content (AvgIpc) is 3.28. The molecule has 2 N–H and O–H groups in total. The van der Waals surface area contributed by atoms with Gasteiger partial charge in [0.25, 0.3) is 11.8 Å². The standard InChI is InChI=1S/C24H26N2O4/c1-16(2)19-6-4-7-21(14-19)30-17(3)23(27)25-15-18-9-11-20(12-10-18)26-24(28)22-8-5-13-29-22/h4-14,16-17H,15H2,1-3H3,(H,25,27)(H,26,28). The van der Waals surface area contributed by atoms with Crippen molar-refractivity contribution in [2.75, 3.05) is 5.32 Å². The molecule has 156 valence electrons. The highest BCUT2D eigenvalue weighted by molar-refractivity contribution is 6.02.